The summed E-state index contributed by atoms with van der Waals surface area (Å²) in [5, 5.41) is 0. The number of rotatable bonds is 5. The number of likely N-dealkylation sites (tertiary alicyclic amines) is 1. The molecule has 96 valence electrons. The normalized spacial score (nSPS) is 23.6. The maximum Gasteiger partial charge on any atom is 0.413 e. The fraction of sp³-hybridized carbons (Fsp3) is 1.00. The molecule has 0 aromatic carbocycles. The molecule has 0 spiro atoms. The molecule has 1 heterocycles. The van der Waals surface area contributed by atoms with Crippen molar-refractivity contribution in [2.75, 3.05) is 26.7 Å². The number of hydroxylamine groups is 1. The second kappa shape index (κ2) is 6.42. The van der Waals surface area contributed by atoms with E-state index in [1.165, 1.54) is 12.8 Å². The summed E-state index contributed by atoms with van der Waals surface area (Å²) >= 11 is 0. The smallest absolute Gasteiger partial charge is 0.303 e. The Labute approximate surface area is 93.9 Å². The summed E-state index contributed by atoms with van der Waals surface area (Å²) in [5.74, 6) is 0. The van der Waals surface area contributed by atoms with Gasteiger partial charge in [0.25, 0.3) is 0 Å². The van der Waals surface area contributed by atoms with Gasteiger partial charge >= 0.3 is 6.18 Å². The molecule has 1 unspecified atom stereocenters. The van der Waals surface area contributed by atoms with Crippen molar-refractivity contribution < 1.29 is 18.0 Å². The molecule has 1 N–H and O–H groups in total. The molecular formula is C10H19F3N2O. The summed E-state index contributed by atoms with van der Waals surface area (Å²) in [6, 6.07) is 0.468. The topological polar surface area (TPSA) is 24.5 Å². The second-order valence-corrected chi connectivity index (χ2v) is 4.22. The molecule has 0 saturated carbocycles. The first-order valence-electron chi connectivity index (χ1n) is 5.60. The molecule has 16 heavy (non-hydrogen) atoms. The minimum atomic E-state index is -4.26. The molecule has 1 atom stereocenters. The molecule has 0 aromatic rings. The fourth-order valence-electron chi connectivity index (χ4n) is 1.94. The summed E-state index contributed by atoms with van der Waals surface area (Å²) in [7, 11) is 2.06. The van der Waals surface area contributed by atoms with Crippen LogP contribution < -0.4 is 5.48 Å². The number of halogens is 3. The standard InChI is InChI=1S/C10H19F3N2O/c1-15-7-3-2-4-9(15)5-6-14-16-8-10(11,12)13/h9,14H,2-8H2,1H3. The molecule has 0 bridgehead atoms. The third-order valence-electron chi connectivity index (χ3n) is 2.84. The van der Waals surface area contributed by atoms with E-state index in [1.807, 2.05) is 0 Å². The van der Waals surface area contributed by atoms with Gasteiger partial charge in [0, 0.05) is 12.6 Å². The predicted molar refractivity (Wildman–Crippen MR) is 54.9 cm³/mol. The van der Waals surface area contributed by atoms with Gasteiger partial charge in [-0.15, -0.1) is 0 Å². The van der Waals surface area contributed by atoms with Gasteiger partial charge in [-0.05, 0) is 32.9 Å². The number of alkyl halides is 3. The largest absolute Gasteiger partial charge is 0.413 e. The van der Waals surface area contributed by atoms with Gasteiger partial charge in [-0.3, -0.25) is 4.84 Å². The zero-order valence-corrected chi connectivity index (χ0v) is 9.52. The van der Waals surface area contributed by atoms with Gasteiger partial charge in [-0.25, -0.2) is 5.48 Å². The van der Waals surface area contributed by atoms with E-state index >= 15 is 0 Å². The summed E-state index contributed by atoms with van der Waals surface area (Å²) in [6.07, 6.45) is 0.115. The second-order valence-electron chi connectivity index (χ2n) is 4.22. The highest BCUT2D eigenvalue weighted by molar-refractivity contribution is 4.74. The highest BCUT2D eigenvalue weighted by Crippen LogP contribution is 2.17. The van der Waals surface area contributed by atoms with Crippen molar-refractivity contribution in [3.05, 3.63) is 0 Å². The van der Waals surface area contributed by atoms with Crippen LogP contribution in [0.1, 0.15) is 25.7 Å². The van der Waals surface area contributed by atoms with Gasteiger partial charge in [-0.2, -0.15) is 13.2 Å². The van der Waals surface area contributed by atoms with E-state index < -0.39 is 12.8 Å². The van der Waals surface area contributed by atoms with Crippen LogP contribution in [0.5, 0.6) is 0 Å². The van der Waals surface area contributed by atoms with Crippen LogP contribution in [0.2, 0.25) is 0 Å². The van der Waals surface area contributed by atoms with Gasteiger partial charge in [0.1, 0.15) is 0 Å². The van der Waals surface area contributed by atoms with Crippen LogP contribution in [0, 0.1) is 0 Å². The van der Waals surface area contributed by atoms with Crippen LogP contribution >= 0.6 is 0 Å². The first-order valence-corrected chi connectivity index (χ1v) is 5.60. The van der Waals surface area contributed by atoms with E-state index in [1.54, 1.807) is 0 Å². The van der Waals surface area contributed by atoms with E-state index in [4.69, 9.17) is 0 Å². The number of nitrogens with one attached hydrogen (secondary N) is 1. The van der Waals surface area contributed by atoms with Gasteiger partial charge in [0.15, 0.2) is 6.61 Å². The Hall–Kier alpha value is -0.330. The Kier molecular flexibility index (Phi) is 5.51. The maximum atomic E-state index is 11.7. The van der Waals surface area contributed by atoms with Crippen LogP contribution in [-0.4, -0.2) is 43.9 Å². The Balaban J connectivity index is 2.02. The quantitative estimate of drug-likeness (QED) is 0.587. The lowest BCUT2D eigenvalue weighted by Gasteiger charge is -2.32. The van der Waals surface area contributed by atoms with Gasteiger partial charge in [-0.1, -0.05) is 6.42 Å². The highest BCUT2D eigenvalue weighted by atomic mass is 19.4. The molecule has 3 nitrogen and oxygen atoms in total. The summed E-state index contributed by atoms with van der Waals surface area (Å²) < 4.78 is 35.2. The van der Waals surface area contributed by atoms with Crippen LogP contribution in [-0.2, 0) is 4.84 Å². The van der Waals surface area contributed by atoms with Gasteiger partial charge in [0.05, 0.1) is 0 Å². The molecule has 0 radical (unpaired) electrons. The van der Waals surface area contributed by atoms with Crippen molar-refractivity contribution in [2.24, 2.45) is 0 Å². The maximum absolute atomic E-state index is 11.7. The monoisotopic (exact) mass is 240 g/mol. The van der Waals surface area contributed by atoms with Crippen LogP contribution in [0.4, 0.5) is 13.2 Å². The third kappa shape index (κ3) is 5.67. The van der Waals surface area contributed by atoms with Crippen molar-refractivity contribution in [2.45, 2.75) is 37.9 Å². The van der Waals surface area contributed by atoms with Gasteiger partial charge in [0.2, 0.25) is 0 Å². The minimum absolute atomic E-state index is 0.463. The van der Waals surface area contributed by atoms with Crippen LogP contribution in [0.3, 0.4) is 0 Å². The average Bonchev–Trinajstić information content (AvgIpc) is 2.18. The number of piperidine rings is 1. The molecule has 1 saturated heterocycles. The first-order chi connectivity index (χ1) is 7.49. The van der Waals surface area contributed by atoms with Crippen molar-refractivity contribution in [3.63, 3.8) is 0 Å². The highest BCUT2D eigenvalue weighted by Gasteiger charge is 2.27. The van der Waals surface area contributed by atoms with E-state index in [0.29, 0.717) is 12.6 Å². The zero-order valence-electron chi connectivity index (χ0n) is 9.52. The van der Waals surface area contributed by atoms with Crippen LogP contribution in [0.15, 0.2) is 0 Å². The number of hydrogen-bond donors (Lipinski definition) is 1. The lowest BCUT2D eigenvalue weighted by Crippen LogP contribution is -2.38. The van der Waals surface area contributed by atoms with Crippen molar-refractivity contribution in [1.82, 2.24) is 10.4 Å². The molecule has 1 aliphatic heterocycles. The van der Waals surface area contributed by atoms with E-state index in [9.17, 15) is 13.2 Å². The van der Waals surface area contributed by atoms with Crippen molar-refractivity contribution >= 4 is 0 Å². The number of hydrogen-bond acceptors (Lipinski definition) is 3. The molecule has 1 rings (SSSR count). The molecule has 6 heteroatoms. The SMILES string of the molecule is CN1CCCCC1CCNOCC(F)(F)F. The first kappa shape index (κ1) is 13.7. The molecule has 0 aliphatic carbocycles. The van der Waals surface area contributed by atoms with E-state index in [0.717, 1.165) is 19.4 Å². The predicted octanol–water partition coefficient (Wildman–Crippen LogP) is 1.94. The van der Waals surface area contributed by atoms with Gasteiger partial charge < -0.3 is 4.90 Å². The Bertz CT molecular complexity index is 199. The Morgan fingerprint density at radius 2 is 2.12 bits per heavy atom. The average molecular weight is 240 g/mol. The minimum Gasteiger partial charge on any atom is -0.303 e. The van der Waals surface area contributed by atoms with E-state index in [2.05, 4.69) is 22.3 Å². The third-order valence-corrected chi connectivity index (χ3v) is 2.84. The Morgan fingerprint density at radius 1 is 1.38 bits per heavy atom. The molecule has 0 aromatic heterocycles. The number of nitrogens with zero attached hydrogens (tertiary/aromatic N) is 1. The molecule has 1 fully saturated rings. The Morgan fingerprint density at radius 3 is 2.75 bits per heavy atom. The van der Waals surface area contributed by atoms with E-state index in [-0.39, 0.29) is 0 Å². The zero-order chi connectivity index (χ0) is 12.0. The summed E-state index contributed by atoms with van der Waals surface area (Å²) in [6.45, 7) is 0.312. The van der Waals surface area contributed by atoms with Crippen molar-refractivity contribution in [1.29, 1.82) is 0 Å². The molecule has 1 aliphatic rings. The summed E-state index contributed by atoms with van der Waals surface area (Å²) in [5.41, 5.74) is 2.36. The molecular weight excluding hydrogens is 221 g/mol. The lowest BCUT2D eigenvalue weighted by atomic mass is 10.0. The van der Waals surface area contributed by atoms with Crippen molar-refractivity contribution in [3.8, 4) is 0 Å². The summed E-state index contributed by atoms with van der Waals surface area (Å²) in [4.78, 5) is 6.59. The fourth-order valence-corrected chi connectivity index (χ4v) is 1.94. The van der Waals surface area contributed by atoms with Crippen LogP contribution in [0.25, 0.3) is 0 Å². The molecule has 0 amide bonds. The lowest BCUT2D eigenvalue weighted by molar-refractivity contribution is -0.189.